The Bertz CT molecular complexity index is 510. The van der Waals surface area contributed by atoms with Crippen LogP contribution in [-0.2, 0) is 19.1 Å². The van der Waals surface area contributed by atoms with E-state index in [-0.39, 0.29) is 12.4 Å². The molecule has 0 aromatic heterocycles. The largest absolute Gasteiger partial charge is 0.460 e. The monoisotopic (exact) mass is 341 g/mol. The number of ether oxygens (including phenoxy) is 2. The third-order valence-corrected chi connectivity index (χ3v) is 4.08. The fourth-order valence-electron chi connectivity index (χ4n) is 3.00. The summed E-state index contributed by atoms with van der Waals surface area (Å²) in [4.78, 5) is 38.4. The zero-order valence-electron chi connectivity index (χ0n) is 14.8. The van der Waals surface area contributed by atoms with Crippen molar-refractivity contribution >= 4 is 17.9 Å². The minimum Gasteiger partial charge on any atom is -0.460 e. The molecule has 136 valence electrons. The van der Waals surface area contributed by atoms with Gasteiger partial charge < -0.3 is 14.8 Å². The second-order valence-corrected chi connectivity index (χ2v) is 7.52. The number of esters is 1. The summed E-state index contributed by atoms with van der Waals surface area (Å²) < 4.78 is 10.7. The first-order valence-corrected chi connectivity index (χ1v) is 8.28. The van der Waals surface area contributed by atoms with E-state index >= 15 is 0 Å². The highest BCUT2D eigenvalue weighted by atomic mass is 16.6. The van der Waals surface area contributed by atoms with Gasteiger partial charge in [0.15, 0.2) is 0 Å². The first kappa shape index (κ1) is 18.7. The number of nitrogens with zero attached hydrogens (tertiary/aromatic N) is 1. The quantitative estimate of drug-likeness (QED) is 0.550. The molecule has 2 aliphatic rings. The molecule has 3 amide bonds. The Labute approximate surface area is 142 Å². The molecule has 8 heteroatoms. The number of carbonyl (C=O) groups excluding carboxylic acids is 3. The molecule has 8 nitrogen and oxygen atoms in total. The van der Waals surface area contributed by atoms with Crippen molar-refractivity contribution < 1.29 is 23.9 Å². The van der Waals surface area contributed by atoms with Crippen molar-refractivity contribution in [3.8, 4) is 0 Å². The van der Waals surface area contributed by atoms with Crippen LogP contribution in [0.25, 0.3) is 0 Å². The second kappa shape index (κ2) is 7.06. The average molecular weight is 341 g/mol. The Hall–Kier alpha value is -1.67. The van der Waals surface area contributed by atoms with E-state index in [1.165, 1.54) is 0 Å². The fourth-order valence-corrected chi connectivity index (χ4v) is 3.00. The highest BCUT2D eigenvalue weighted by molar-refractivity contribution is 6.07. The van der Waals surface area contributed by atoms with Gasteiger partial charge in [-0.2, -0.15) is 0 Å². The number of carbonyl (C=O) groups is 3. The number of nitrogens with one attached hydrogen (secondary N) is 2. The maximum Gasteiger partial charge on any atom is 0.322 e. The maximum atomic E-state index is 12.4. The van der Waals surface area contributed by atoms with Crippen LogP contribution < -0.4 is 10.6 Å². The Morgan fingerprint density at radius 3 is 2.46 bits per heavy atom. The van der Waals surface area contributed by atoms with Gasteiger partial charge in [0.2, 0.25) is 0 Å². The molecule has 2 unspecified atom stereocenters. The molecule has 0 saturated carbocycles. The highest BCUT2D eigenvalue weighted by Gasteiger charge is 2.49. The van der Waals surface area contributed by atoms with Gasteiger partial charge in [-0.1, -0.05) is 6.92 Å². The van der Waals surface area contributed by atoms with Crippen LogP contribution in [0.3, 0.4) is 0 Å². The lowest BCUT2D eigenvalue weighted by atomic mass is 9.87. The molecule has 0 aromatic carbocycles. The molecule has 0 radical (unpaired) electrons. The standard InChI is InChI=1S/C16H27N3O5/c1-11(12(20)24-15(2,3)4)9-16(13(21)17-14(22)18-16)10-19-5-7-23-8-6-19/h11H,5-10H2,1-4H3,(H2,17,18,21,22). The molecule has 2 fully saturated rings. The summed E-state index contributed by atoms with van der Waals surface area (Å²) in [6, 6.07) is -0.523. The molecule has 2 saturated heterocycles. The maximum absolute atomic E-state index is 12.4. The lowest BCUT2D eigenvalue weighted by Gasteiger charge is -2.36. The zero-order chi connectivity index (χ0) is 18.0. The van der Waals surface area contributed by atoms with Crippen molar-refractivity contribution in [1.29, 1.82) is 0 Å². The fraction of sp³-hybridized carbons (Fsp3) is 0.812. The second-order valence-electron chi connectivity index (χ2n) is 7.52. The number of amides is 3. The van der Waals surface area contributed by atoms with Crippen LogP contribution in [0.2, 0.25) is 0 Å². The van der Waals surface area contributed by atoms with Crippen LogP contribution in [-0.4, -0.2) is 66.8 Å². The molecule has 2 N–H and O–H groups in total. The molecule has 0 aromatic rings. The van der Waals surface area contributed by atoms with Gasteiger partial charge in [-0.3, -0.25) is 19.8 Å². The predicted octanol–water partition coefficient (Wildman–Crippen LogP) is 0.265. The number of hydrogen-bond acceptors (Lipinski definition) is 6. The number of hydrogen-bond donors (Lipinski definition) is 2. The van der Waals surface area contributed by atoms with Gasteiger partial charge in [-0.15, -0.1) is 0 Å². The van der Waals surface area contributed by atoms with Crippen molar-refractivity contribution in [1.82, 2.24) is 15.5 Å². The topological polar surface area (TPSA) is 97.0 Å². The average Bonchev–Trinajstić information content (AvgIpc) is 2.72. The lowest BCUT2D eigenvalue weighted by Crippen LogP contribution is -2.58. The third kappa shape index (κ3) is 4.67. The van der Waals surface area contributed by atoms with Crippen molar-refractivity contribution in [3.05, 3.63) is 0 Å². The van der Waals surface area contributed by atoms with Crippen LogP contribution >= 0.6 is 0 Å². The molecule has 2 rings (SSSR count). The highest BCUT2D eigenvalue weighted by Crippen LogP contribution is 2.25. The van der Waals surface area contributed by atoms with E-state index in [1.54, 1.807) is 27.7 Å². The summed E-state index contributed by atoms with van der Waals surface area (Å²) in [6.45, 7) is 10.0. The molecule has 0 spiro atoms. The van der Waals surface area contributed by atoms with Crippen LogP contribution in [0, 0.1) is 5.92 Å². The van der Waals surface area contributed by atoms with Crippen LogP contribution in [0.1, 0.15) is 34.1 Å². The van der Waals surface area contributed by atoms with Crippen LogP contribution in [0.4, 0.5) is 4.79 Å². The van der Waals surface area contributed by atoms with E-state index in [4.69, 9.17) is 9.47 Å². The first-order valence-electron chi connectivity index (χ1n) is 8.28. The van der Waals surface area contributed by atoms with Gasteiger partial charge in [-0.05, 0) is 27.2 Å². The van der Waals surface area contributed by atoms with Crippen molar-refractivity contribution in [2.24, 2.45) is 5.92 Å². The summed E-state index contributed by atoms with van der Waals surface area (Å²) in [5.74, 6) is -1.29. The van der Waals surface area contributed by atoms with E-state index in [0.29, 0.717) is 32.8 Å². The smallest absolute Gasteiger partial charge is 0.322 e. The number of urea groups is 1. The Morgan fingerprint density at radius 2 is 1.96 bits per heavy atom. The molecule has 2 atom stereocenters. The number of rotatable bonds is 5. The first-order chi connectivity index (χ1) is 11.1. The van der Waals surface area contributed by atoms with Gasteiger partial charge in [0.1, 0.15) is 11.1 Å². The van der Waals surface area contributed by atoms with E-state index in [2.05, 4.69) is 15.5 Å². The van der Waals surface area contributed by atoms with Crippen molar-refractivity contribution in [2.45, 2.75) is 45.3 Å². The van der Waals surface area contributed by atoms with Crippen molar-refractivity contribution in [3.63, 3.8) is 0 Å². The summed E-state index contributed by atoms with van der Waals surface area (Å²) in [7, 11) is 0. The molecule has 0 aliphatic carbocycles. The molecular weight excluding hydrogens is 314 g/mol. The van der Waals surface area contributed by atoms with Gasteiger partial charge in [-0.25, -0.2) is 4.79 Å². The lowest BCUT2D eigenvalue weighted by molar-refractivity contribution is -0.160. The van der Waals surface area contributed by atoms with Gasteiger partial charge in [0, 0.05) is 19.6 Å². The van der Waals surface area contributed by atoms with Crippen LogP contribution in [0.5, 0.6) is 0 Å². The SMILES string of the molecule is CC(CC1(CN2CCOCC2)NC(=O)NC1=O)C(=O)OC(C)(C)C. The minimum absolute atomic E-state index is 0.191. The molecule has 2 heterocycles. The van der Waals surface area contributed by atoms with Gasteiger partial charge in [0.25, 0.3) is 5.91 Å². The normalized spacial score (nSPS) is 26.7. The molecule has 0 bridgehead atoms. The summed E-state index contributed by atoms with van der Waals surface area (Å²) >= 11 is 0. The van der Waals surface area contributed by atoms with Gasteiger partial charge in [0.05, 0.1) is 19.1 Å². The summed E-state index contributed by atoms with van der Waals surface area (Å²) in [5, 5.41) is 5.01. The number of morpholine rings is 1. The van der Waals surface area contributed by atoms with E-state index < -0.39 is 29.0 Å². The number of imide groups is 1. The predicted molar refractivity (Wildman–Crippen MR) is 86.3 cm³/mol. The minimum atomic E-state index is -1.12. The Morgan fingerprint density at radius 1 is 1.33 bits per heavy atom. The van der Waals surface area contributed by atoms with E-state index in [1.807, 2.05) is 0 Å². The van der Waals surface area contributed by atoms with Gasteiger partial charge >= 0.3 is 12.0 Å². The Balaban J connectivity index is 2.10. The van der Waals surface area contributed by atoms with Crippen molar-refractivity contribution in [2.75, 3.05) is 32.8 Å². The van der Waals surface area contributed by atoms with E-state index in [0.717, 1.165) is 0 Å². The zero-order valence-corrected chi connectivity index (χ0v) is 14.8. The molecule has 24 heavy (non-hydrogen) atoms. The molecule has 2 aliphatic heterocycles. The molecular formula is C16H27N3O5. The van der Waals surface area contributed by atoms with E-state index in [9.17, 15) is 14.4 Å². The van der Waals surface area contributed by atoms with Crippen LogP contribution in [0.15, 0.2) is 0 Å². The third-order valence-electron chi connectivity index (χ3n) is 4.08. The summed E-state index contributed by atoms with van der Waals surface area (Å²) in [6.07, 6.45) is 0.191. The Kier molecular flexibility index (Phi) is 5.49. The summed E-state index contributed by atoms with van der Waals surface area (Å²) in [5.41, 5.74) is -1.71.